The van der Waals surface area contributed by atoms with Gasteiger partial charge in [-0.1, -0.05) is 67.6 Å². The third-order valence-corrected chi connectivity index (χ3v) is 5.15. The van der Waals surface area contributed by atoms with Gasteiger partial charge in [0.15, 0.2) is 0 Å². The normalized spacial score (nSPS) is 16.0. The fourth-order valence-electron chi connectivity index (χ4n) is 2.82. The van der Waals surface area contributed by atoms with Crippen LogP contribution in [0, 0.1) is 5.92 Å². The van der Waals surface area contributed by atoms with E-state index < -0.39 is 38.2 Å². The molecule has 0 saturated heterocycles. The van der Waals surface area contributed by atoms with Crippen LogP contribution in [0.25, 0.3) is 0 Å². The van der Waals surface area contributed by atoms with E-state index in [1.54, 1.807) is 55.5 Å². The second-order valence-corrected chi connectivity index (χ2v) is 9.65. The molecule has 8 heteroatoms. The Morgan fingerprint density at radius 2 is 1.27 bits per heavy atom. The second kappa shape index (κ2) is 8.30. The molecule has 2 aromatic rings. The first kappa shape index (κ1) is 20.6. The molecule has 0 radical (unpaired) electrons. The van der Waals surface area contributed by atoms with Gasteiger partial charge in [-0.25, -0.2) is 13.1 Å². The molecule has 0 heterocycles. The SMILES string of the molecule is C[C@H]([C@H](NS(C)(=O)=O)c1ccccc1)[C@H](OS(C)(=O)=O)c1ccccc1. The van der Waals surface area contributed by atoms with Gasteiger partial charge in [0.05, 0.1) is 18.6 Å². The van der Waals surface area contributed by atoms with Crippen molar-refractivity contribution in [1.29, 1.82) is 0 Å². The summed E-state index contributed by atoms with van der Waals surface area (Å²) in [5.74, 6) is -0.496. The summed E-state index contributed by atoms with van der Waals surface area (Å²) >= 11 is 0. The third-order valence-electron chi connectivity index (χ3n) is 3.91. The molecule has 2 aromatic carbocycles. The van der Waals surface area contributed by atoms with Crippen LogP contribution >= 0.6 is 0 Å². The highest BCUT2D eigenvalue weighted by atomic mass is 32.2. The van der Waals surface area contributed by atoms with E-state index in [4.69, 9.17) is 4.18 Å². The van der Waals surface area contributed by atoms with E-state index in [0.29, 0.717) is 5.56 Å². The van der Waals surface area contributed by atoms with E-state index in [2.05, 4.69) is 4.72 Å². The Labute approximate surface area is 155 Å². The van der Waals surface area contributed by atoms with Crippen molar-refractivity contribution in [2.45, 2.75) is 19.1 Å². The summed E-state index contributed by atoms with van der Waals surface area (Å²) in [6.45, 7) is 1.76. The van der Waals surface area contributed by atoms with Crippen LogP contribution in [0.1, 0.15) is 30.2 Å². The van der Waals surface area contributed by atoms with Crippen LogP contribution in [0.5, 0.6) is 0 Å². The molecule has 0 aromatic heterocycles. The molecule has 0 fully saturated rings. The summed E-state index contributed by atoms with van der Waals surface area (Å²) in [5, 5.41) is 0. The molecule has 0 aliphatic carbocycles. The molecule has 1 N–H and O–H groups in total. The molecule has 0 amide bonds. The van der Waals surface area contributed by atoms with Crippen LogP contribution in [0.15, 0.2) is 60.7 Å². The van der Waals surface area contributed by atoms with E-state index in [9.17, 15) is 16.8 Å². The lowest BCUT2D eigenvalue weighted by Crippen LogP contribution is -2.35. The molecule has 3 atom stereocenters. The highest BCUT2D eigenvalue weighted by Gasteiger charge is 2.33. The van der Waals surface area contributed by atoms with Gasteiger partial charge in [-0.15, -0.1) is 0 Å². The maximum absolute atomic E-state index is 11.9. The van der Waals surface area contributed by atoms with E-state index in [1.807, 2.05) is 12.1 Å². The van der Waals surface area contributed by atoms with Gasteiger partial charge >= 0.3 is 0 Å². The predicted molar refractivity (Wildman–Crippen MR) is 101 cm³/mol. The highest BCUT2D eigenvalue weighted by molar-refractivity contribution is 7.88. The monoisotopic (exact) mass is 397 g/mol. The fourth-order valence-corrected chi connectivity index (χ4v) is 4.30. The Balaban J connectivity index is 2.49. The maximum atomic E-state index is 11.9. The summed E-state index contributed by atoms with van der Waals surface area (Å²) in [6, 6.07) is 17.3. The van der Waals surface area contributed by atoms with Crippen LogP contribution in [0.3, 0.4) is 0 Å². The number of hydrogen-bond donors (Lipinski definition) is 1. The molecule has 0 aliphatic heterocycles. The average Bonchev–Trinajstić information content (AvgIpc) is 2.57. The van der Waals surface area contributed by atoms with Crippen LogP contribution < -0.4 is 4.72 Å². The van der Waals surface area contributed by atoms with Gasteiger partial charge in [0.2, 0.25) is 10.0 Å². The van der Waals surface area contributed by atoms with Gasteiger partial charge < -0.3 is 0 Å². The number of benzene rings is 2. The number of sulfonamides is 1. The van der Waals surface area contributed by atoms with Crippen molar-refractivity contribution in [3.63, 3.8) is 0 Å². The summed E-state index contributed by atoms with van der Waals surface area (Å²) < 4.78 is 55.3. The fraction of sp³-hybridized carbons (Fsp3) is 0.333. The van der Waals surface area contributed by atoms with E-state index in [1.165, 1.54) is 0 Å². The Morgan fingerprint density at radius 3 is 1.69 bits per heavy atom. The lowest BCUT2D eigenvalue weighted by atomic mass is 9.87. The van der Waals surface area contributed by atoms with Crippen molar-refractivity contribution in [3.8, 4) is 0 Å². The van der Waals surface area contributed by atoms with Gasteiger partial charge in [0, 0.05) is 5.92 Å². The average molecular weight is 398 g/mol. The maximum Gasteiger partial charge on any atom is 0.264 e. The van der Waals surface area contributed by atoms with Crippen molar-refractivity contribution in [2.75, 3.05) is 12.5 Å². The first-order chi connectivity index (χ1) is 12.1. The van der Waals surface area contributed by atoms with Crippen LogP contribution in [-0.2, 0) is 24.3 Å². The minimum atomic E-state index is -3.75. The molecule has 26 heavy (non-hydrogen) atoms. The Hall–Kier alpha value is -1.74. The van der Waals surface area contributed by atoms with E-state index in [-0.39, 0.29) is 0 Å². The zero-order chi connectivity index (χ0) is 19.4. The van der Waals surface area contributed by atoms with Gasteiger partial charge in [0.25, 0.3) is 10.1 Å². The quantitative estimate of drug-likeness (QED) is 0.692. The number of hydrogen-bond acceptors (Lipinski definition) is 5. The molecule has 6 nitrogen and oxygen atoms in total. The van der Waals surface area contributed by atoms with Crippen molar-refractivity contribution < 1.29 is 21.0 Å². The second-order valence-electron chi connectivity index (χ2n) is 6.27. The van der Waals surface area contributed by atoms with Crippen molar-refractivity contribution in [1.82, 2.24) is 4.72 Å². The molecular weight excluding hydrogens is 374 g/mol. The molecule has 0 saturated carbocycles. The number of rotatable bonds is 8. The van der Waals surface area contributed by atoms with Crippen LogP contribution in [0.2, 0.25) is 0 Å². The van der Waals surface area contributed by atoms with Crippen LogP contribution in [-0.4, -0.2) is 29.3 Å². The van der Waals surface area contributed by atoms with Crippen molar-refractivity contribution in [3.05, 3.63) is 71.8 Å². The zero-order valence-corrected chi connectivity index (χ0v) is 16.5. The topological polar surface area (TPSA) is 89.5 Å². The van der Waals surface area contributed by atoms with Gasteiger partial charge in [-0.3, -0.25) is 4.18 Å². The Morgan fingerprint density at radius 1 is 0.808 bits per heavy atom. The summed E-state index contributed by atoms with van der Waals surface area (Å²) in [7, 11) is -7.28. The summed E-state index contributed by atoms with van der Waals surface area (Å²) in [5.41, 5.74) is 1.38. The molecule has 0 aliphatic rings. The van der Waals surface area contributed by atoms with Crippen molar-refractivity contribution >= 4 is 20.1 Å². The van der Waals surface area contributed by atoms with Gasteiger partial charge in [0.1, 0.15) is 6.10 Å². The first-order valence-electron chi connectivity index (χ1n) is 8.02. The minimum absolute atomic E-state index is 0.496. The van der Waals surface area contributed by atoms with Crippen molar-refractivity contribution in [2.24, 2.45) is 5.92 Å². The largest absolute Gasteiger partial charge is 0.264 e. The summed E-state index contributed by atoms with van der Waals surface area (Å²) in [6.07, 6.45) is 1.22. The summed E-state index contributed by atoms with van der Waals surface area (Å²) in [4.78, 5) is 0. The zero-order valence-electron chi connectivity index (χ0n) is 14.9. The molecule has 0 spiro atoms. The molecule has 0 bridgehead atoms. The third kappa shape index (κ3) is 6.21. The smallest absolute Gasteiger partial charge is 0.262 e. The highest BCUT2D eigenvalue weighted by Crippen LogP contribution is 2.36. The molecule has 142 valence electrons. The van der Waals surface area contributed by atoms with E-state index in [0.717, 1.165) is 18.1 Å². The number of nitrogens with one attached hydrogen (secondary N) is 1. The lowest BCUT2D eigenvalue weighted by molar-refractivity contribution is 0.132. The van der Waals surface area contributed by atoms with Gasteiger partial charge in [-0.05, 0) is 11.1 Å². The Bertz CT molecular complexity index is 835. The van der Waals surface area contributed by atoms with Gasteiger partial charge in [-0.2, -0.15) is 8.42 Å². The molecule has 2 rings (SSSR count). The van der Waals surface area contributed by atoms with Crippen LogP contribution in [0.4, 0.5) is 0 Å². The molecule has 0 unspecified atom stereocenters. The standard InChI is InChI=1S/C18H23NO5S2/c1-14(17(19-25(2,20)21)15-10-6-4-7-11-15)18(24-26(3,22)23)16-12-8-5-9-13-16/h4-14,17-19H,1-3H3/t14-,17+,18+/m1/s1. The van der Waals surface area contributed by atoms with E-state index >= 15 is 0 Å². The minimum Gasteiger partial charge on any atom is -0.262 e. The Kier molecular flexibility index (Phi) is 6.57. The lowest BCUT2D eigenvalue weighted by Gasteiger charge is -2.31. The first-order valence-corrected chi connectivity index (χ1v) is 11.7. The molecular formula is C18H23NO5S2. The predicted octanol–water partition coefficient (Wildman–Crippen LogP) is 2.63.